The van der Waals surface area contributed by atoms with Crippen LogP contribution in [0, 0.1) is 30.1 Å². The minimum atomic E-state index is -0.271. The van der Waals surface area contributed by atoms with E-state index in [9.17, 15) is 14.9 Å². The lowest BCUT2D eigenvalue weighted by atomic mass is 9.91. The van der Waals surface area contributed by atoms with Crippen LogP contribution in [0.5, 0.6) is 11.5 Å². The zero-order chi connectivity index (χ0) is 29.8. The Bertz CT molecular complexity index is 1470. The van der Waals surface area contributed by atoms with E-state index in [-0.39, 0.29) is 17.0 Å². The number of carbonyl (C=O) groups is 1. The van der Waals surface area contributed by atoms with Gasteiger partial charge in [0.25, 0.3) is 11.5 Å². The van der Waals surface area contributed by atoms with E-state index in [4.69, 9.17) is 21.7 Å². The summed E-state index contributed by atoms with van der Waals surface area (Å²) in [6.07, 6.45) is 4.31. The van der Waals surface area contributed by atoms with E-state index in [0.29, 0.717) is 57.6 Å². The third kappa shape index (κ3) is 6.31. The van der Waals surface area contributed by atoms with Crippen LogP contribution in [0.2, 0.25) is 0 Å². The molecule has 3 heterocycles. The number of methoxy groups -OCH3 is 2. The van der Waals surface area contributed by atoms with Gasteiger partial charge in [-0.2, -0.15) is 5.26 Å². The average molecular weight is 595 g/mol. The first-order valence-electron chi connectivity index (χ1n) is 14.0. The number of hydrogen-bond donors (Lipinski definition) is 0. The first-order valence-corrected chi connectivity index (χ1v) is 15.2. The van der Waals surface area contributed by atoms with E-state index in [1.165, 1.54) is 11.8 Å². The molecule has 1 aromatic carbocycles. The van der Waals surface area contributed by atoms with E-state index in [0.717, 1.165) is 42.9 Å². The molecular formula is C31H38N4O4S2. The smallest absolute Gasteiger partial charge is 0.270 e. The normalized spacial score (nSPS) is 20.1. The molecule has 0 bridgehead atoms. The van der Waals surface area contributed by atoms with Crippen molar-refractivity contribution >= 4 is 46.1 Å². The Morgan fingerprint density at radius 3 is 2.41 bits per heavy atom. The molecular weight excluding hydrogens is 556 g/mol. The van der Waals surface area contributed by atoms with Crippen LogP contribution in [0.1, 0.15) is 55.9 Å². The Labute approximate surface area is 251 Å². The Morgan fingerprint density at radius 1 is 1.12 bits per heavy atom. The van der Waals surface area contributed by atoms with Crippen molar-refractivity contribution in [2.75, 3.05) is 38.8 Å². The van der Waals surface area contributed by atoms with E-state index in [1.54, 1.807) is 30.6 Å². The van der Waals surface area contributed by atoms with Gasteiger partial charge in [0, 0.05) is 31.7 Å². The van der Waals surface area contributed by atoms with Gasteiger partial charge in [-0.1, -0.05) is 50.8 Å². The fourth-order valence-electron chi connectivity index (χ4n) is 5.85. The third-order valence-corrected chi connectivity index (χ3v) is 9.06. The summed E-state index contributed by atoms with van der Waals surface area (Å²) < 4.78 is 13.0. The van der Waals surface area contributed by atoms with Gasteiger partial charge in [0.2, 0.25) is 0 Å². The molecule has 1 amide bonds. The fraction of sp³-hybridized carbons (Fsp3) is 0.484. The molecule has 0 aliphatic carbocycles. The van der Waals surface area contributed by atoms with Crippen molar-refractivity contribution in [2.45, 2.75) is 53.5 Å². The van der Waals surface area contributed by atoms with E-state index in [2.05, 4.69) is 24.8 Å². The van der Waals surface area contributed by atoms with Gasteiger partial charge in [0.1, 0.15) is 21.8 Å². The van der Waals surface area contributed by atoms with Crippen molar-refractivity contribution in [3.05, 3.63) is 55.7 Å². The summed E-state index contributed by atoms with van der Waals surface area (Å²) in [6.45, 7) is 10.8. The van der Waals surface area contributed by atoms with E-state index in [1.807, 2.05) is 31.2 Å². The predicted molar refractivity (Wildman–Crippen MR) is 169 cm³/mol. The molecule has 2 atom stereocenters. The molecule has 2 unspecified atom stereocenters. The second-order valence-electron chi connectivity index (χ2n) is 10.9. The number of nitriles is 1. The van der Waals surface area contributed by atoms with Crippen LogP contribution in [0.15, 0.2) is 27.9 Å². The van der Waals surface area contributed by atoms with E-state index < -0.39 is 0 Å². The predicted octanol–water partition coefficient (Wildman–Crippen LogP) is 5.38. The van der Waals surface area contributed by atoms with Gasteiger partial charge >= 0.3 is 0 Å². The topological polar surface area (TPSA) is 87.8 Å². The molecule has 41 heavy (non-hydrogen) atoms. The zero-order valence-electron chi connectivity index (χ0n) is 24.7. The number of rotatable bonds is 9. The molecule has 2 aliphatic heterocycles. The molecule has 2 aliphatic rings. The number of aromatic nitrogens is 1. The quantitative estimate of drug-likeness (QED) is 0.283. The number of pyridine rings is 1. The van der Waals surface area contributed by atoms with Gasteiger partial charge in [-0.3, -0.25) is 19.1 Å². The van der Waals surface area contributed by atoms with Crippen LogP contribution in [-0.4, -0.2) is 53.5 Å². The maximum absolute atomic E-state index is 13.7. The molecule has 4 rings (SSSR count). The van der Waals surface area contributed by atoms with Crippen LogP contribution < -0.4 is 19.9 Å². The van der Waals surface area contributed by atoms with Crippen molar-refractivity contribution in [1.82, 2.24) is 9.47 Å². The number of ether oxygens (including phenoxy) is 2. The summed E-state index contributed by atoms with van der Waals surface area (Å²) in [7, 11) is 3.19. The van der Waals surface area contributed by atoms with Gasteiger partial charge in [-0.15, -0.1) is 0 Å². The molecule has 0 N–H and O–H groups in total. The standard InChI is InChI=1S/C31H38N4O4S2/c1-7-11-34-28(33-17-19(2)13-20(3)18-33)23(21(4)24(16-32)29(34)36)15-27-30(37)35(31(40)41-27)12-10-22-8-9-25(38-5)26(14-22)39-6/h8-9,14-15,19-20H,7,10-13,17-18H2,1-6H3. The maximum atomic E-state index is 13.7. The summed E-state index contributed by atoms with van der Waals surface area (Å²) in [6, 6.07) is 7.84. The third-order valence-electron chi connectivity index (χ3n) is 7.68. The summed E-state index contributed by atoms with van der Waals surface area (Å²) in [5.41, 5.74) is 2.19. The summed E-state index contributed by atoms with van der Waals surface area (Å²) >= 11 is 6.90. The lowest BCUT2D eigenvalue weighted by molar-refractivity contribution is -0.122. The van der Waals surface area contributed by atoms with Crippen LogP contribution in [0.4, 0.5) is 5.82 Å². The highest BCUT2D eigenvalue weighted by Crippen LogP contribution is 2.37. The Kier molecular flexibility index (Phi) is 9.82. The van der Waals surface area contributed by atoms with Gasteiger partial charge < -0.3 is 14.4 Å². The minimum Gasteiger partial charge on any atom is -0.493 e. The number of piperidine rings is 1. The summed E-state index contributed by atoms with van der Waals surface area (Å²) in [4.78, 5) is 31.5. The van der Waals surface area contributed by atoms with Gasteiger partial charge in [-0.05, 0) is 67.4 Å². The highest BCUT2D eigenvalue weighted by atomic mass is 32.2. The largest absolute Gasteiger partial charge is 0.493 e. The van der Waals surface area contributed by atoms with Crippen molar-refractivity contribution in [3.63, 3.8) is 0 Å². The van der Waals surface area contributed by atoms with Crippen molar-refractivity contribution in [1.29, 1.82) is 5.26 Å². The molecule has 218 valence electrons. The molecule has 2 fully saturated rings. The maximum Gasteiger partial charge on any atom is 0.270 e. The number of anilines is 1. The molecule has 2 aromatic rings. The number of hydrogen-bond acceptors (Lipinski definition) is 8. The SMILES string of the molecule is CCCn1c(N2CC(C)CC(C)C2)c(C=C2SC(=S)N(CCc3ccc(OC)c(OC)c3)C2=O)c(C)c(C#N)c1=O. The Hall–Kier alpha value is -3.29. The molecule has 0 saturated carbocycles. The second-order valence-corrected chi connectivity index (χ2v) is 12.6. The molecule has 2 saturated heterocycles. The average Bonchev–Trinajstić information content (AvgIpc) is 3.21. The second kappa shape index (κ2) is 13.1. The Morgan fingerprint density at radius 2 is 1.80 bits per heavy atom. The molecule has 8 nitrogen and oxygen atoms in total. The number of carbonyl (C=O) groups excluding carboxylic acids is 1. The lowest BCUT2D eigenvalue weighted by Crippen LogP contribution is -2.43. The Balaban J connectivity index is 1.72. The minimum absolute atomic E-state index is 0.121. The molecule has 0 spiro atoms. The van der Waals surface area contributed by atoms with Gasteiger partial charge in [-0.25, -0.2) is 0 Å². The first-order chi connectivity index (χ1) is 19.6. The van der Waals surface area contributed by atoms with Crippen LogP contribution in [0.25, 0.3) is 6.08 Å². The number of thiocarbonyl (C=S) groups is 1. The lowest BCUT2D eigenvalue weighted by Gasteiger charge is -2.39. The number of benzene rings is 1. The van der Waals surface area contributed by atoms with Crippen LogP contribution >= 0.6 is 24.0 Å². The van der Waals surface area contributed by atoms with Crippen molar-refractivity contribution in [2.24, 2.45) is 11.8 Å². The highest BCUT2D eigenvalue weighted by molar-refractivity contribution is 8.26. The van der Waals surface area contributed by atoms with Gasteiger partial charge in [0.15, 0.2) is 11.5 Å². The van der Waals surface area contributed by atoms with E-state index >= 15 is 0 Å². The molecule has 10 heteroatoms. The first kappa shape index (κ1) is 30.7. The highest BCUT2D eigenvalue weighted by Gasteiger charge is 2.34. The molecule has 0 radical (unpaired) electrons. The number of thioether (sulfide) groups is 1. The number of nitrogens with zero attached hydrogens (tertiary/aromatic N) is 4. The van der Waals surface area contributed by atoms with Crippen molar-refractivity contribution in [3.8, 4) is 17.6 Å². The zero-order valence-corrected chi connectivity index (χ0v) is 26.3. The van der Waals surface area contributed by atoms with Crippen molar-refractivity contribution < 1.29 is 14.3 Å². The summed E-state index contributed by atoms with van der Waals surface area (Å²) in [5.74, 6) is 2.83. The van der Waals surface area contributed by atoms with Crippen LogP contribution in [-0.2, 0) is 17.8 Å². The monoisotopic (exact) mass is 594 g/mol. The number of amides is 1. The van der Waals surface area contributed by atoms with Crippen LogP contribution in [0.3, 0.4) is 0 Å². The summed E-state index contributed by atoms with van der Waals surface area (Å²) in [5, 5.41) is 9.93. The molecule has 1 aromatic heterocycles. The van der Waals surface area contributed by atoms with Gasteiger partial charge in [0.05, 0.1) is 19.1 Å². The fourth-order valence-corrected chi connectivity index (χ4v) is 7.14.